The molecule has 1 N–H and O–H groups in total. The average Bonchev–Trinajstić information content (AvgIpc) is 2.68. The Labute approximate surface area is 167 Å². The van der Waals surface area contributed by atoms with Crippen LogP contribution in [0.15, 0.2) is 57.9 Å². The monoisotopic (exact) mass is 452 g/mol. The zero-order valence-corrected chi connectivity index (χ0v) is 17.3. The Balaban J connectivity index is 1.58. The first-order valence-corrected chi connectivity index (χ1v) is 10.9. The summed E-state index contributed by atoms with van der Waals surface area (Å²) in [4.78, 5) is 14.5. The van der Waals surface area contributed by atoms with E-state index in [-0.39, 0.29) is 16.8 Å². The number of benzene rings is 2. The Kier molecular flexibility index (Phi) is 6.18. The van der Waals surface area contributed by atoms with Crippen molar-refractivity contribution in [1.29, 1.82) is 0 Å². The van der Waals surface area contributed by atoms with Crippen LogP contribution in [0.4, 0.5) is 0 Å². The molecule has 0 radical (unpaired) electrons. The number of nitrogens with one attached hydrogen (secondary N) is 1. The Morgan fingerprint density at radius 1 is 1.07 bits per heavy atom. The summed E-state index contributed by atoms with van der Waals surface area (Å²) in [5.41, 5.74) is 0.635. The van der Waals surface area contributed by atoms with Gasteiger partial charge in [-0.05, 0) is 61.4 Å². The van der Waals surface area contributed by atoms with E-state index in [0.717, 1.165) is 4.47 Å². The lowest BCUT2D eigenvalue weighted by atomic mass is 10.0. The predicted molar refractivity (Wildman–Crippen MR) is 106 cm³/mol. The van der Waals surface area contributed by atoms with E-state index in [2.05, 4.69) is 20.7 Å². The first-order valence-electron chi connectivity index (χ1n) is 8.60. The molecule has 27 heavy (non-hydrogen) atoms. The number of rotatable bonds is 5. The molecule has 6 nitrogen and oxygen atoms in total. The van der Waals surface area contributed by atoms with Crippen molar-refractivity contribution in [2.24, 2.45) is 0 Å². The van der Waals surface area contributed by atoms with Crippen LogP contribution in [0.1, 0.15) is 23.2 Å². The van der Waals surface area contributed by atoms with Gasteiger partial charge in [0.2, 0.25) is 10.0 Å². The molecule has 1 fully saturated rings. The van der Waals surface area contributed by atoms with E-state index in [1.807, 2.05) is 12.1 Å². The highest BCUT2D eigenvalue weighted by atomic mass is 79.9. The lowest BCUT2D eigenvalue weighted by Gasteiger charge is -2.32. The fraction of sp³-hybridized carbons (Fsp3) is 0.316. The van der Waals surface area contributed by atoms with Crippen LogP contribution in [0, 0.1) is 0 Å². The highest BCUT2D eigenvalue weighted by Crippen LogP contribution is 2.19. The fourth-order valence-corrected chi connectivity index (χ4v) is 4.59. The van der Waals surface area contributed by atoms with E-state index in [1.165, 1.54) is 19.2 Å². The number of hydrogen-bond acceptors (Lipinski definition) is 4. The molecule has 144 valence electrons. The summed E-state index contributed by atoms with van der Waals surface area (Å²) in [7, 11) is -2.06. The van der Waals surface area contributed by atoms with Gasteiger partial charge in [-0.25, -0.2) is 13.1 Å². The van der Waals surface area contributed by atoms with Crippen molar-refractivity contribution in [1.82, 2.24) is 9.62 Å². The molecule has 1 amide bonds. The highest BCUT2D eigenvalue weighted by Gasteiger charge is 2.27. The van der Waals surface area contributed by atoms with Crippen LogP contribution < -0.4 is 9.46 Å². The molecule has 1 heterocycles. The molecule has 0 saturated carbocycles. The summed E-state index contributed by atoms with van der Waals surface area (Å²) < 4.78 is 33.8. The normalized spacial score (nSPS) is 15.6. The summed E-state index contributed by atoms with van der Waals surface area (Å²) in [5, 5.41) is 0. The summed E-state index contributed by atoms with van der Waals surface area (Å²) in [5.74, 6) is 0.577. The third-order valence-corrected chi connectivity index (χ3v) is 6.63. The van der Waals surface area contributed by atoms with Gasteiger partial charge >= 0.3 is 0 Å². The van der Waals surface area contributed by atoms with Crippen LogP contribution in [0.25, 0.3) is 0 Å². The number of piperidine rings is 1. The second-order valence-electron chi connectivity index (χ2n) is 6.37. The van der Waals surface area contributed by atoms with Gasteiger partial charge in [-0.2, -0.15) is 0 Å². The van der Waals surface area contributed by atoms with Gasteiger partial charge in [-0.3, -0.25) is 4.79 Å². The molecule has 0 unspecified atom stereocenters. The second kappa shape index (κ2) is 8.41. The molecule has 0 bridgehead atoms. The van der Waals surface area contributed by atoms with Gasteiger partial charge in [-0.1, -0.05) is 15.9 Å². The van der Waals surface area contributed by atoms with Crippen LogP contribution in [0.5, 0.6) is 5.75 Å². The van der Waals surface area contributed by atoms with Crippen LogP contribution in [0.3, 0.4) is 0 Å². The van der Waals surface area contributed by atoms with Gasteiger partial charge in [0, 0.05) is 29.2 Å². The molecule has 1 saturated heterocycles. The Hall–Kier alpha value is -1.90. The number of sulfonamides is 1. The molecule has 0 aromatic heterocycles. The van der Waals surface area contributed by atoms with Crippen molar-refractivity contribution in [2.45, 2.75) is 23.8 Å². The highest BCUT2D eigenvalue weighted by molar-refractivity contribution is 9.10. The zero-order chi connectivity index (χ0) is 19.4. The SMILES string of the molecule is COc1ccc(S(=O)(=O)NC2CCN(C(=O)c3ccc(Br)cc3)CC2)cc1. The average molecular weight is 453 g/mol. The molecule has 1 aliphatic rings. The minimum absolute atomic E-state index is 0.0287. The number of likely N-dealkylation sites (tertiary alicyclic amines) is 1. The molecular weight excluding hydrogens is 432 g/mol. The van der Waals surface area contributed by atoms with Gasteiger partial charge in [0.25, 0.3) is 5.91 Å². The van der Waals surface area contributed by atoms with Crippen LogP contribution >= 0.6 is 15.9 Å². The van der Waals surface area contributed by atoms with Gasteiger partial charge in [0.15, 0.2) is 0 Å². The summed E-state index contributed by atoms with van der Waals surface area (Å²) in [6, 6.07) is 13.3. The second-order valence-corrected chi connectivity index (χ2v) is 9.00. The van der Waals surface area contributed by atoms with E-state index in [1.54, 1.807) is 29.2 Å². The third-order valence-electron chi connectivity index (χ3n) is 4.56. The first-order chi connectivity index (χ1) is 12.9. The molecule has 0 spiro atoms. The summed E-state index contributed by atoms with van der Waals surface area (Å²) in [6.45, 7) is 1.04. The third kappa shape index (κ3) is 4.88. The number of hydrogen-bond donors (Lipinski definition) is 1. The van der Waals surface area contributed by atoms with Crippen LogP contribution in [0.2, 0.25) is 0 Å². The molecule has 0 atom stereocenters. The Morgan fingerprint density at radius 3 is 2.22 bits per heavy atom. The van der Waals surface area contributed by atoms with Crippen LogP contribution in [-0.2, 0) is 10.0 Å². The lowest BCUT2D eigenvalue weighted by molar-refractivity contribution is 0.0711. The number of halogens is 1. The van der Waals surface area contributed by atoms with Crippen molar-refractivity contribution in [3.63, 3.8) is 0 Å². The lowest BCUT2D eigenvalue weighted by Crippen LogP contribution is -2.46. The number of carbonyl (C=O) groups is 1. The van der Waals surface area contributed by atoms with E-state index in [0.29, 0.717) is 37.2 Å². The van der Waals surface area contributed by atoms with Crippen molar-refractivity contribution >= 4 is 31.9 Å². The van der Waals surface area contributed by atoms with Gasteiger partial charge < -0.3 is 9.64 Å². The molecule has 8 heteroatoms. The van der Waals surface area contributed by atoms with Crippen molar-refractivity contribution in [2.75, 3.05) is 20.2 Å². The molecule has 1 aliphatic heterocycles. The van der Waals surface area contributed by atoms with Gasteiger partial charge in [0.05, 0.1) is 12.0 Å². The van der Waals surface area contributed by atoms with Gasteiger partial charge in [-0.15, -0.1) is 0 Å². The molecule has 2 aromatic rings. The van der Waals surface area contributed by atoms with E-state index < -0.39 is 10.0 Å². The summed E-state index contributed by atoms with van der Waals surface area (Å²) >= 11 is 3.36. The minimum atomic E-state index is -3.59. The number of amides is 1. The Morgan fingerprint density at radius 2 is 1.67 bits per heavy atom. The maximum atomic E-state index is 12.5. The number of carbonyl (C=O) groups excluding carboxylic acids is 1. The van der Waals surface area contributed by atoms with Gasteiger partial charge in [0.1, 0.15) is 5.75 Å². The first kappa shape index (κ1) is 19.9. The smallest absolute Gasteiger partial charge is 0.253 e. The van der Waals surface area contributed by atoms with Crippen molar-refractivity contribution in [3.8, 4) is 5.75 Å². The van der Waals surface area contributed by atoms with Crippen LogP contribution in [-0.4, -0.2) is 45.5 Å². The van der Waals surface area contributed by atoms with E-state index in [9.17, 15) is 13.2 Å². The number of nitrogens with zero attached hydrogens (tertiary/aromatic N) is 1. The summed E-state index contributed by atoms with van der Waals surface area (Å²) in [6.07, 6.45) is 1.16. The van der Waals surface area contributed by atoms with E-state index in [4.69, 9.17) is 4.74 Å². The quantitative estimate of drug-likeness (QED) is 0.756. The molecule has 0 aliphatic carbocycles. The van der Waals surface area contributed by atoms with Crippen molar-refractivity contribution in [3.05, 3.63) is 58.6 Å². The number of methoxy groups -OCH3 is 1. The molecule has 3 rings (SSSR count). The topological polar surface area (TPSA) is 75.7 Å². The largest absolute Gasteiger partial charge is 0.497 e. The fourth-order valence-electron chi connectivity index (χ4n) is 3.02. The van der Waals surface area contributed by atoms with Crippen molar-refractivity contribution < 1.29 is 17.9 Å². The maximum absolute atomic E-state index is 12.5. The molecular formula is C19H21BrN2O4S. The minimum Gasteiger partial charge on any atom is -0.497 e. The Bertz CT molecular complexity index is 890. The number of ether oxygens (including phenoxy) is 1. The zero-order valence-electron chi connectivity index (χ0n) is 14.9. The van der Waals surface area contributed by atoms with E-state index >= 15 is 0 Å². The maximum Gasteiger partial charge on any atom is 0.253 e. The standard InChI is InChI=1S/C19H21BrN2O4S/c1-26-17-6-8-18(9-7-17)27(24,25)21-16-10-12-22(13-11-16)19(23)14-2-4-15(20)5-3-14/h2-9,16,21H,10-13H2,1H3. The predicted octanol–water partition coefficient (Wildman–Crippen LogP) is 3.04. The molecule has 2 aromatic carbocycles.